The molecular weight excluding hydrogens is 837 g/mol. The smallest absolute Gasteiger partial charge is 0.433 e. The summed E-state index contributed by atoms with van der Waals surface area (Å²) in [6.07, 6.45) is -8.30. The van der Waals surface area contributed by atoms with Gasteiger partial charge in [-0.15, -0.1) is 12.4 Å². The number of benzene rings is 3. The molecule has 1 saturated heterocycles. The minimum Gasteiger partial charge on any atom is -0.456 e. The van der Waals surface area contributed by atoms with Gasteiger partial charge in [0.25, 0.3) is 0 Å². The zero-order valence-corrected chi connectivity index (χ0v) is 33.5. The fraction of sp³-hybridized carbons (Fsp3) is 0.386. The summed E-state index contributed by atoms with van der Waals surface area (Å²) >= 11 is 6.07. The van der Waals surface area contributed by atoms with E-state index < -0.39 is 77.6 Å². The van der Waals surface area contributed by atoms with E-state index >= 15 is 0 Å². The maximum atomic E-state index is 14.1. The normalized spacial score (nSPS) is 20.3. The first-order chi connectivity index (χ1) is 28.1. The Morgan fingerprint density at radius 3 is 2.07 bits per heavy atom. The molecule has 0 amide bonds. The number of esters is 2. The molecule has 1 N–H and O–H groups in total. The Balaban J connectivity index is 0.00000604. The minimum absolute atomic E-state index is 0. The summed E-state index contributed by atoms with van der Waals surface area (Å²) in [5, 5.41) is 3.49. The van der Waals surface area contributed by atoms with Crippen molar-refractivity contribution in [2.75, 3.05) is 6.54 Å². The molecule has 1 saturated carbocycles. The molecule has 2 heterocycles. The van der Waals surface area contributed by atoms with Crippen molar-refractivity contribution in [2.24, 2.45) is 5.92 Å². The summed E-state index contributed by atoms with van der Waals surface area (Å²) in [5.74, 6) is -3.31. The Hall–Kier alpha value is -4.79. The van der Waals surface area contributed by atoms with Crippen molar-refractivity contribution < 1.29 is 55.0 Å². The lowest BCUT2D eigenvalue weighted by Crippen LogP contribution is -2.40. The molecule has 2 aliphatic carbocycles. The number of ether oxygens (including phenoxy) is 2. The van der Waals surface area contributed by atoms with Crippen molar-refractivity contribution in [1.82, 2.24) is 10.3 Å². The van der Waals surface area contributed by atoms with Crippen LogP contribution in [0, 0.1) is 5.92 Å². The zero-order chi connectivity index (χ0) is 42.1. The maximum absolute atomic E-state index is 14.1. The number of Topliss-reactive ketones (excluding diaryl/α,β-unsaturated/α-hetero) is 2. The molecule has 1 aromatic heterocycles. The van der Waals surface area contributed by atoms with E-state index in [2.05, 4.69) is 10.3 Å². The second-order valence-corrected chi connectivity index (χ2v) is 15.6. The molecule has 318 valence electrons. The third kappa shape index (κ3) is 9.71. The van der Waals surface area contributed by atoms with Crippen LogP contribution in [-0.4, -0.2) is 41.1 Å². The summed E-state index contributed by atoms with van der Waals surface area (Å²) in [4.78, 5) is 57.8. The number of piperidine rings is 1. The highest BCUT2D eigenvalue weighted by atomic mass is 35.5. The van der Waals surface area contributed by atoms with Gasteiger partial charge in [-0.1, -0.05) is 66.6 Å². The number of nitrogens with zero attached hydrogens (tertiary/aromatic N) is 1. The highest BCUT2D eigenvalue weighted by Crippen LogP contribution is 2.44. The number of pyridine rings is 1. The Labute approximate surface area is 352 Å². The molecule has 4 aromatic rings. The average Bonchev–Trinajstić information content (AvgIpc) is 3.21. The van der Waals surface area contributed by atoms with Crippen LogP contribution in [-0.2, 0) is 31.4 Å². The van der Waals surface area contributed by atoms with Crippen molar-refractivity contribution in [1.29, 1.82) is 0 Å². The van der Waals surface area contributed by atoms with Crippen molar-refractivity contribution in [2.45, 2.75) is 94.6 Å². The van der Waals surface area contributed by atoms with E-state index in [1.807, 2.05) is 24.3 Å². The Morgan fingerprint density at radius 1 is 0.783 bits per heavy atom. The first-order valence-electron chi connectivity index (χ1n) is 19.5. The van der Waals surface area contributed by atoms with Crippen LogP contribution in [0.25, 0.3) is 10.9 Å². The summed E-state index contributed by atoms with van der Waals surface area (Å²) in [6, 6.07) is 16.6. The molecule has 0 radical (unpaired) electrons. The van der Waals surface area contributed by atoms with E-state index in [1.54, 1.807) is 18.2 Å². The number of allylic oxidation sites excluding steroid dienone is 2. The van der Waals surface area contributed by atoms with E-state index in [0.29, 0.717) is 49.4 Å². The average molecular weight is 878 g/mol. The van der Waals surface area contributed by atoms with Gasteiger partial charge in [-0.3, -0.25) is 19.2 Å². The molecule has 0 spiro atoms. The summed E-state index contributed by atoms with van der Waals surface area (Å²) in [7, 11) is 0. The number of hydrogen-bond donors (Lipinski definition) is 1. The van der Waals surface area contributed by atoms with Crippen LogP contribution in [0.2, 0.25) is 5.02 Å². The van der Waals surface area contributed by atoms with Crippen molar-refractivity contribution in [3.8, 4) is 0 Å². The van der Waals surface area contributed by atoms with Gasteiger partial charge in [-0.25, -0.2) is 4.98 Å². The van der Waals surface area contributed by atoms with Gasteiger partial charge in [0.1, 0.15) is 11.8 Å². The van der Waals surface area contributed by atoms with E-state index in [1.165, 1.54) is 12.1 Å². The van der Waals surface area contributed by atoms with Crippen LogP contribution in [0.15, 0.2) is 84.1 Å². The van der Waals surface area contributed by atoms with Crippen LogP contribution >= 0.6 is 24.0 Å². The molecule has 0 unspecified atom stereocenters. The molecule has 0 bridgehead atoms. The van der Waals surface area contributed by atoms with Gasteiger partial charge in [-0.05, 0) is 93.2 Å². The number of para-hydroxylation sites is 1. The van der Waals surface area contributed by atoms with Gasteiger partial charge in [-0.2, -0.15) is 26.3 Å². The summed E-state index contributed by atoms with van der Waals surface area (Å²) in [5.41, 5.74) is -2.59. The number of nitrogens with one attached hydrogen (secondary N) is 1. The standard InChI is InChI=1S/C44H39ClF6N2O6.ClH/c45-27-20-18-25(19-21-27)24-14-16-26(17-15-24)37-39(56)29-7-1-2-8-30(29)40(57)42(37)59-36(55)13-6-12-35(54)58-41(33-11-3-4-22-52-33)31-23-34(44(49,50)51)53-38-28(31)9-5-10-32(38)43(46,47)48;/h1-2,5,7-10,18-21,23-24,26,33,41,52H,3-4,6,11-17,22H2;1H/t24?,26?,33-,41+;/m0./s1. The van der Waals surface area contributed by atoms with E-state index in [4.69, 9.17) is 21.1 Å². The van der Waals surface area contributed by atoms with Crippen molar-refractivity contribution >= 4 is 58.4 Å². The fourth-order valence-electron chi connectivity index (χ4n) is 8.42. The van der Waals surface area contributed by atoms with Crippen LogP contribution in [0.5, 0.6) is 0 Å². The molecule has 60 heavy (non-hydrogen) atoms. The molecule has 8 nitrogen and oxygen atoms in total. The van der Waals surface area contributed by atoms with E-state index in [0.717, 1.165) is 30.9 Å². The monoisotopic (exact) mass is 876 g/mol. The summed E-state index contributed by atoms with van der Waals surface area (Å²) in [6.45, 7) is 0.431. The molecular formula is C44H40Cl2F6N2O6. The number of aromatic nitrogens is 1. The number of halogens is 8. The van der Waals surface area contributed by atoms with Gasteiger partial charge in [0, 0.05) is 46.0 Å². The molecule has 2 atom stereocenters. The number of carbonyl (C=O) groups is 4. The summed E-state index contributed by atoms with van der Waals surface area (Å²) < 4.78 is 95.7. The first kappa shape index (κ1) is 44.8. The molecule has 2 fully saturated rings. The molecule has 1 aliphatic heterocycles. The number of alkyl halides is 6. The van der Waals surface area contributed by atoms with Crippen LogP contribution in [0.3, 0.4) is 0 Å². The second kappa shape index (κ2) is 18.4. The number of rotatable bonds is 10. The number of fused-ring (bicyclic) bond motifs is 2. The quantitative estimate of drug-likeness (QED) is 0.124. The topological polar surface area (TPSA) is 112 Å². The lowest BCUT2D eigenvalue weighted by molar-refractivity contribution is -0.152. The van der Waals surface area contributed by atoms with E-state index in [-0.39, 0.29) is 64.1 Å². The van der Waals surface area contributed by atoms with Gasteiger partial charge in [0.15, 0.2) is 11.5 Å². The van der Waals surface area contributed by atoms with Crippen molar-refractivity contribution in [3.63, 3.8) is 0 Å². The van der Waals surface area contributed by atoms with Gasteiger partial charge in [0.2, 0.25) is 5.78 Å². The first-order valence-corrected chi connectivity index (χ1v) is 19.9. The lowest BCUT2D eigenvalue weighted by Gasteiger charge is -2.32. The van der Waals surface area contributed by atoms with Crippen LogP contribution < -0.4 is 5.32 Å². The van der Waals surface area contributed by atoms with Crippen LogP contribution in [0.1, 0.15) is 119 Å². The zero-order valence-electron chi connectivity index (χ0n) is 32.0. The van der Waals surface area contributed by atoms with Crippen LogP contribution in [0.4, 0.5) is 26.3 Å². The Kier molecular flexibility index (Phi) is 13.8. The van der Waals surface area contributed by atoms with Gasteiger partial charge in [0.05, 0.1) is 16.7 Å². The Morgan fingerprint density at radius 2 is 1.43 bits per heavy atom. The third-order valence-corrected chi connectivity index (χ3v) is 11.6. The van der Waals surface area contributed by atoms with Crippen molar-refractivity contribution in [3.05, 3.63) is 123 Å². The van der Waals surface area contributed by atoms with E-state index in [9.17, 15) is 45.5 Å². The lowest BCUT2D eigenvalue weighted by atomic mass is 9.72. The minimum atomic E-state index is -5.12. The highest BCUT2D eigenvalue weighted by Gasteiger charge is 2.42. The SMILES string of the molecule is Cl.O=C(CCCC(=O)O[C@H](c1cc(C(F)(F)F)nc2c(C(F)(F)F)cccc12)[C@@H]1CCCCN1)OC1=C(C2CCC(c3ccc(Cl)cc3)CC2)C(=O)c2ccccc2C1=O. The predicted octanol–water partition coefficient (Wildman–Crippen LogP) is 11.1. The highest BCUT2D eigenvalue weighted by molar-refractivity contribution is 6.30. The second-order valence-electron chi connectivity index (χ2n) is 15.1. The predicted molar refractivity (Wildman–Crippen MR) is 212 cm³/mol. The van der Waals surface area contributed by atoms with Gasteiger partial charge >= 0.3 is 24.3 Å². The number of carbonyl (C=O) groups excluding carboxylic acids is 4. The molecule has 3 aliphatic rings. The molecule has 16 heteroatoms. The third-order valence-electron chi connectivity index (χ3n) is 11.3. The number of ketones is 2. The number of hydrogen-bond acceptors (Lipinski definition) is 8. The fourth-order valence-corrected chi connectivity index (χ4v) is 8.55. The molecule has 7 rings (SSSR count). The molecule has 3 aromatic carbocycles. The van der Waals surface area contributed by atoms with Gasteiger partial charge < -0.3 is 14.8 Å². The maximum Gasteiger partial charge on any atom is 0.433 e. The largest absolute Gasteiger partial charge is 0.456 e. The Bertz CT molecular complexity index is 2300.